The van der Waals surface area contributed by atoms with E-state index < -0.39 is 5.97 Å². The molecule has 3 rings (SSSR count). The molecule has 2 aromatic rings. The Morgan fingerprint density at radius 1 is 1.46 bits per heavy atom. The summed E-state index contributed by atoms with van der Waals surface area (Å²) in [6.07, 6.45) is 3.99. The topological polar surface area (TPSA) is 83.6 Å². The molecule has 0 fully saturated rings. The summed E-state index contributed by atoms with van der Waals surface area (Å²) in [5, 5.41) is 10.0. The molecule has 1 aliphatic carbocycles. The van der Waals surface area contributed by atoms with E-state index in [9.17, 15) is 9.59 Å². The molecule has 0 saturated heterocycles. The number of hydrogen-bond acceptors (Lipinski definition) is 5. The third-order valence-electron chi connectivity index (χ3n) is 4.39. The molecule has 0 aliphatic heterocycles. The zero-order valence-electron chi connectivity index (χ0n) is 14.0. The van der Waals surface area contributed by atoms with E-state index in [1.165, 1.54) is 6.26 Å². The number of aromatic nitrogens is 1. The lowest BCUT2D eigenvalue weighted by Gasteiger charge is -2.30. The number of fused-ring (bicyclic) bond motifs is 1. The van der Waals surface area contributed by atoms with Crippen molar-refractivity contribution < 1.29 is 19.1 Å². The van der Waals surface area contributed by atoms with Crippen LogP contribution < -0.4 is 0 Å². The summed E-state index contributed by atoms with van der Waals surface area (Å²) in [6.45, 7) is 3.74. The van der Waals surface area contributed by atoms with Crippen LogP contribution in [0.2, 0.25) is 0 Å². The number of rotatable bonds is 4. The van der Waals surface area contributed by atoms with Gasteiger partial charge in [0.1, 0.15) is 12.2 Å². The molecule has 128 valence electrons. The summed E-state index contributed by atoms with van der Waals surface area (Å²) in [4.78, 5) is 31.4. The molecule has 7 heteroatoms. The highest BCUT2D eigenvalue weighted by Crippen LogP contribution is 2.38. The first-order valence-electron chi connectivity index (χ1n) is 7.90. The van der Waals surface area contributed by atoms with Gasteiger partial charge in [0.15, 0.2) is 0 Å². The Bertz CT molecular complexity index is 793. The van der Waals surface area contributed by atoms with Crippen LogP contribution in [0.1, 0.15) is 56.1 Å². The van der Waals surface area contributed by atoms with Crippen molar-refractivity contribution in [2.24, 2.45) is 0 Å². The van der Waals surface area contributed by atoms with E-state index in [0.29, 0.717) is 11.1 Å². The molecule has 1 atom stereocenters. The first kappa shape index (κ1) is 16.7. The molecule has 0 saturated carbocycles. The summed E-state index contributed by atoms with van der Waals surface area (Å²) in [5.41, 5.74) is 2.12. The van der Waals surface area contributed by atoms with Crippen LogP contribution in [0.5, 0.6) is 0 Å². The number of furan rings is 1. The molecule has 0 aromatic carbocycles. The van der Waals surface area contributed by atoms with Crippen molar-refractivity contribution in [3.8, 4) is 0 Å². The molecule has 6 nitrogen and oxygen atoms in total. The minimum atomic E-state index is -1.01. The Morgan fingerprint density at radius 2 is 2.21 bits per heavy atom. The number of carbonyl (C=O) groups excluding carboxylic acids is 1. The third kappa shape index (κ3) is 2.96. The van der Waals surface area contributed by atoms with Gasteiger partial charge in [0.2, 0.25) is 0 Å². The van der Waals surface area contributed by atoms with Gasteiger partial charge in [-0.3, -0.25) is 9.59 Å². The van der Waals surface area contributed by atoms with Crippen molar-refractivity contribution in [1.82, 2.24) is 9.88 Å². The predicted octanol–water partition coefficient (Wildman–Crippen LogP) is 3.13. The minimum absolute atomic E-state index is 0.0144. The lowest BCUT2D eigenvalue weighted by atomic mass is 9.96. The molecule has 24 heavy (non-hydrogen) atoms. The number of carboxylic acids is 1. The van der Waals surface area contributed by atoms with Gasteiger partial charge < -0.3 is 14.4 Å². The highest BCUT2D eigenvalue weighted by Gasteiger charge is 2.32. The fraction of sp³-hybridized carbons (Fsp3) is 0.471. The Balaban J connectivity index is 1.91. The normalized spacial score (nSPS) is 16.7. The fourth-order valence-corrected chi connectivity index (χ4v) is 4.41. The molecule has 0 radical (unpaired) electrons. The molecular formula is C17H20N2O4S. The predicted molar refractivity (Wildman–Crippen MR) is 89.4 cm³/mol. The monoisotopic (exact) mass is 348 g/mol. The average Bonchev–Trinajstić information content (AvgIpc) is 3.07. The van der Waals surface area contributed by atoms with Gasteiger partial charge in [0.25, 0.3) is 5.91 Å². The van der Waals surface area contributed by atoms with E-state index in [2.05, 4.69) is 4.98 Å². The summed E-state index contributed by atoms with van der Waals surface area (Å²) >= 11 is 1.64. The van der Waals surface area contributed by atoms with Crippen LogP contribution in [0.3, 0.4) is 0 Å². The van der Waals surface area contributed by atoms with Crippen LogP contribution in [0, 0.1) is 13.8 Å². The van der Waals surface area contributed by atoms with Crippen molar-refractivity contribution in [1.29, 1.82) is 0 Å². The van der Waals surface area contributed by atoms with Gasteiger partial charge in [-0.1, -0.05) is 0 Å². The quantitative estimate of drug-likeness (QED) is 0.918. The van der Waals surface area contributed by atoms with Crippen LogP contribution in [0.15, 0.2) is 10.7 Å². The standard InChI is InChI=1S/C17H20N2O4S/c1-9-8-23-13(7-14(20)21)15(9)17(22)19(3)12-6-4-5-11-16(12)24-10(2)18-11/h8,12H,4-7H2,1-3H3,(H,20,21)/t12-/m1/s1. The molecule has 1 amide bonds. The van der Waals surface area contributed by atoms with Gasteiger partial charge in [-0.15, -0.1) is 11.3 Å². The lowest BCUT2D eigenvalue weighted by Crippen LogP contribution is -2.33. The second-order valence-electron chi connectivity index (χ2n) is 6.16. The highest BCUT2D eigenvalue weighted by molar-refractivity contribution is 7.11. The zero-order chi connectivity index (χ0) is 17.4. The van der Waals surface area contributed by atoms with Gasteiger partial charge in [-0.2, -0.15) is 0 Å². The van der Waals surface area contributed by atoms with E-state index in [0.717, 1.165) is 34.8 Å². The van der Waals surface area contributed by atoms with Gasteiger partial charge in [-0.25, -0.2) is 4.98 Å². The smallest absolute Gasteiger partial charge is 0.311 e. The number of thiazole rings is 1. The van der Waals surface area contributed by atoms with E-state index in [1.54, 1.807) is 30.2 Å². The first-order valence-corrected chi connectivity index (χ1v) is 8.72. The number of carboxylic acid groups (broad SMARTS) is 1. The molecule has 1 N–H and O–H groups in total. The molecule has 0 bridgehead atoms. The van der Waals surface area contributed by atoms with Gasteiger partial charge in [-0.05, 0) is 33.1 Å². The molecule has 2 aromatic heterocycles. The van der Waals surface area contributed by atoms with Crippen LogP contribution in [-0.4, -0.2) is 33.9 Å². The largest absolute Gasteiger partial charge is 0.481 e. The van der Waals surface area contributed by atoms with Crippen molar-refractivity contribution in [3.63, 3.8) is 0 Å². The van der Waals surface area contributed by atoms with Crippen molar-refractivity contribution in [3.05, 3.63) is 38.7 Å². The number of hydrogen-bond donors (Lipinski definition) is 1. The number of carbonyl (C=O) groups is 2. The van der Waals surface area contributed by atoms with Crippen molar-refractivity contribution in [2.45, 2.75) is 45.6 Å². The van der Waals surface area contributed by atoms with E-state index in [4.69, 9.17) is 9.52 Å². The molecule has 1 aliphatic rings. The van der Waals surface area contributed by atoms with Crippen molar-refractivity contribution >= 4 is 23.2 Å². The number of aliphatic carboxylic acids is 1. The summed E-state index contributed by atoms with van der Waals surface area (Å²) in [5.74, 6) is -0.992. The maximum atomic E-state index is 13.0. The summed E-state index contributed by atoms with van der Waals surface area (Å²) < 4.78 is 5.30. The summed E-state index contributed by atoms with van der Waals surface area (Å²) in [7, 11) is 1.77. The maximum absolute atomic E-state index is 13.0. The average molecular weight is 348 g/mol. The maximum Gasteiger partial charge on any atom is 0.311 e. The third-order valence-corrected chi connectivity index (χ3v) is 5.51. The van der Waals surface area contributed by atoms with Crippen LogP contribution in [-0.2, 0) is 17.6 Å². The SMILES string of the molecule is Cc1nc2c(s1)[C@H](N(C)C(=O)c1c(C)coc1CC(=O)O)CCC2. The molecule has 0 unspecified atom stereocenters. The second kappa shape index (κ2) is 6.39. The van der Waals surface area contributed by atoms with Crippen molar-refractivity contribution in [2.75, 3.05) is 7.05 Å². The Kier molecular flexibility index (Phi) is 4.45. The Hall–Kier alpha value is -2.15. The summed E-state index contributed by atoms with van der Waals surface area (Å²) in [6, 6.07) is -0.0144. The zero-order valence-corrected chi connectivity index (χ0v) is 14.8. The Labute approximate surface area is 144 Å². The van der Waals surface area contributed by atoms with Gasteiger partial charge in [0.05, 0.1) is 33.4 Å². The van der Waals surface area contributed by atoms with Gasteiger partial charge >= 0.3 is 5.97 Å². The first-order chi connectivity index (χ1) is 11.4. The van der Waals surface area contributed by atoms with Crippen LogP contribution in [0.25, 0.3) is 0 Å². The highest BCUT2D eigenvalue weighted by atomic mass is 32.1. The van der Waals surface area contributed by atoms with Crippen LogP contribution in [0.4, 0.5) is 0 Å². The Morgan fingerprint density at radius 3 is 2.92 bits per heavy atom. The molecule has 0 spiro atoms. The van der Waals surface area contributed by atoms with Gasteiger partial charge in [0, 0.05) is 12.6 Å². The molecular weight excluding hydrogens is 328 g/mol. The number of amides is 1. The lowest BCUT2D eigenvalue weighted by molar-refractivity contribution is -0.136. The molecule has 2 heterocycles. The number of nitrogens with zero attached hydrogens (tertiary/aromatic N) is 2. The van der Waals surface area contributed by atoms with E-state index >= 15 is 0 Å². The van der Waals surface area contributed by atoms with Crippen LogP contribution >= 0.6 is 11.3 Å². The number of aryl methyl sites for hydroxylation is 3. The second-order valence-corrected chi connectivity index (χ2v) is 7.39. The fourth-order valence-electron chi connectivity index (χ4n) is 3.26. The van der Waals surface area contributed by atoms with E-state index in [-0.39, 0.29) is 24.1 Å². The van der Waals surface area contributed by atoms with E-state index in [1.807, 2.05) is 6.92 Å². The minimum Gasteiger partial charge on any atom is -0.481 e.